The Kier molecular flexibility index (Phi) is 5.22. The van der Waals surface area contributed by atoms with Gasteiger partial charge in [-0.3, -0.25) is 4.79 Å². The maximum absolute atomic E-state index is 11.8. The molecule has 1 rings (SSSR count). The van der Waals surface area contributed by atoms with E-state index in [0.29, 0.717) is 18.2 Å². The first kappa shape index (κ1) is 13.5. The molecule has 0 spiro atoms. The largest absolute Gasteiger partial charge is 0.345 e. The summed E-state index contributed by atoms with van der Waals surface area (Å²) in [6, 6.07) is 0. The van der Waals surface area contributed by atoms with E-state index < -0.39 is 0 Å². The number of hydrogen-bond acceptors (Lipinski definition) is 3. The van der Waals surface area contributed by atoms with Crippen molar-refractivity contribution in [1.29, 1.82) is 0 Å². The molecule has 0 aliphatic carbocycles. The summed E-state index contributed by atoms with van der Waals surface area (Å²) < 4.78 is 0. The van der Waals surface area contributed by atoms with Crippen molar-refractivity contribution in [2.24, 2.45) is 5.92 Å². The van der Waals surface area contributed by atoms with E-state index in [-0.39, 0.29) is 5.91 Å². The number of hydrogen-bond donors (Lipinski definition) is 0. The van der Waals surface area contributed by atoms with Crippen molar-refractivity contribution in [3.63, 3.8) is 0 Å². The zero-order chi connectivity index (χ0) is 12.1. The minimum absolute atomic E-state index is 0.115. The van der Waals surface area contributed by atoms with E-state index in [4.69, 9.17) is 11.6 Å². The van der Waals surface area contributed by atoms with E-state index in [1.807, 2.05) is 12.4 Å². The summed E-state index contributed by atoms with van der Waals surface area (Å²) >= 11 is 7.15. The molecule has 0 fully saturated rings. The Morgan fingerprint density at radius 1 is 1.62 bits per heavy atom. The smallest absolute Gasteiger partial charge is 0.229 e. The summed E-state index contributed by atoms with van der Waals surface area (Å²) in [6.45, 7) is 4.98. The van der Waals surface area contributed by atoms with Crippen LogP contribution >= 0.6 is 22.9 Å². The number of aromatic nitrogens is 1. The Morgan fingerprint density at radius 3 is 2.81 bits per heavy atom. The molecule has 0 saturated heterocycles. The highest BCUT2D eigenvalue weighted by Gasteiger charge is 2.13. The highest BCUT2D eigenvalue weighted by atomic mass is 35.5. The number of halogens is 1. The Bertz CT molecular complexity index is 352. The molecule has 1 aromatic rings. The van der Waals surface area contributed by atoms with Crippen LogP contribution in [0, 0.1) is 5.92 Å². The SMILES string of the molecule is CC(C)CN(C)C(=O)Cc1nc(CCl)cs1. The van der Waals surface area contributed by atoms with Gasteiger partial charge in [-0.25, -0.2) is 4.98 Å². The molecule has 16 heavy (non-hydrogen) atoms. The van der Waals surface area contributed by atoms with Gasteiger partial charge in [-0.05, 0) is 5.92 Å². The molecular formula is C11H17ClN2OS. The van der Waals surface area contributed by atoms with Crippen molar-refractivity contribution in [2.75, 3.05) is 13.6 Å². The van der Waals surface area contributed by atoms with Crippen molar-refractivity contribution in [3.05, 3.63) is 16.1 Å². The van der Waals surface area contributed by atoms with Crippen LogP contribution in [0.15, 0.2) is 5.38 Å². The fourth-order valence-corrected chi connectivity index (χ4v) is 2.42. The molecule has 0 aliphatic rings. The topological polar surface area (TPSA) is 33.2 Å². The van der Waals surface area contributed by atoms with Gasteiger partial charge in [-0.1, -0.05) is 13.8 Å². The number of rotatable bonds is 5. The number of nitrogens with zero attached hydrogens (tertiary/aromatic N) is 2. The van der Waals surface area contributed by atoms with Crippen LogP contribution in [0.4, 0.5) is 0 Å². The molecule has 0 atom stereocenters. The summed E-state index contributed by atoms with van der Waals surface area (Å²) in [6.07, 6.45) is 0.380. The molecule has 0 bridgehead atoms. The lowest BCUT2D eigenvalue weighted by Gasteiger charge is -2.18. The van der Waals surface area contributed by atoms with Crippen LogP contribution in [0.25, 0.3) is 0 Å². The Hall–Kier alpha value is -0.610. The van der Waals surface area contributed by atoms with E-state index in [1.54, 1.807) is 4.90 Å². The molecule has 1 heterocycles. The van der Waals surface area contributed by atoms with Crippen LogP contribution in [0.2, 0.25) is 0 Å². The van der Waals surface area contributed by atoms with E-state index in [0.717, 1.165) is 17.2 Å². The quantitative estimate of drug-likeness (QED) is 0.763. The number of carbonyl (C=O) groups is 1. The molecule has 0 radical (unpaired) electrons. The molecule has 0 aliphatic heterocycles. The van der Waals surface area contributed by atoms with Crippen molar-refractivity contribution >= 4 is 28.8 Å². The van der Waals surface area contributed by atoms with Crippen LogP contribution in [-0.4, -0.2) is 29.4 Å². The molecule has 1 aromatic heterocycles. The maximum atomic E-state index is 11.8. The lowest BCUT2D eigenvalue weighted by Crippen LogP contribution is -2.31. The third kappa shape index (κ3) is 4.10. The maximum Gasteiger partial charge on any atom is 0.229 e. The van der Waals surface area contributed by atoms with Gasteiger partial charge >= 0.3 is 0 Å². The average molecular weight is 261 g/mol. The minimum atomic E-state index is 0.115. The Balaban J connectivity index is 2.50. The molecule has 1 amide bonds. The van der Waals surface area contributed by atoms with Gasteiger partial charge < -0.3 is 4.90 Å². The number of amides is 1. The van der Waals surface area contributed by atoms with Gasteiger partial charge in [0, 0.05) is 19.0 Å². The number of likely N-dealkylation sites (N-methyl/N-ethyl adjacent to an activating group) is 1. The summed E-state index contributed by atoms with van der Waals surface area (Å²) in [7, 11) is 1.83. The van der Waals surface area contributed by atoms with Gasteiger partial charge in [0.1, 0.15) is 5.01 Å². The monoisotopic (exact) mass is 260 g/mol. The fraction of sp³-hybridized carbons (Fsp3) is 0.636. The minimum Gasteiger partial charge on any atom is -0.345 e. The van der Waals surface area contributed by atoms with Crippen molar-refractivity contribution in [2.45, 2.75) is 26.1 Å². The predicted molar refractivity (Wildman–Crippen MR) is 67.9 cm³/mol. The third-order valence-corrected chi connectivity index (χ3v) is 3.27. The highest BCUT2D eigenvalue weighted by Crippen LogP contribution is 2.13. The summed E-state index contributed by atoms with van der Waals surface area (Å²) in [5.41, 5.74) is 0.848. The van der Waals surface area contributed by atoms with Gasteiger partial charge in [0.05, 0.1) is 18.0 Å². The van der Waals surface area contributed by atoms with E-state index in [1.165, 1.54) is 11.3 Å². The van der Waals surface area contributed by atoms with Crippen molar-refractivity contribution in [1.82, 2.24) is 9.88 Å². The second kappa shape index (κ2) is 6.21. The lowest BCUT2D eigenvalue weighted by molar-refractivity contribution is -0.129. The van der Waals surface area contributed by atoms with Gasteiger partial charge in [-0.2, -0.15) is 0 Å². The predicted octanol–water partition coefficient (Wildman–Crippen LogP) is 2.54. The Morgan fingerprint density at radius 2 is 2.31 bits per heavy atom. The van der Waals surface area contributed by atoms with Crippen LogP contribution in [0.1, 0.15) is 24.5 Å². The van der Waals surface area contributed by atoms with Gasteiger partial charge in [0.2, 0.25) is 5.91 Å². The van der Waals surface area contributed by atoms with Gasteiger partial charge in [-0.15, -0.1) is 22.9 Å². The second-order valence-electron chi connectivity index (χ2n) is 4.21. The molecule has 0 N–H and O–H groups in total. The standard InChI is InChI=1S/C11H17ClN2OS/c1-8(2)6-14(3)11(15)4-10-13-9(5-12)7-16-10/h7-8H,4-6H2,1-3H3. The van der Waals surface area contributed by atoms with Crippen LogP contribution in [-0.2, 0) is 17.1 Å². The van der Waals surface area contributed by atoms with Gasteiger partial charge in [0.15, 0.2) is 0 Å². The number of carbonyl (C=O) groups excluding carboxylic acids is 1. The molecular weight excluding hydrogens is 244 g/mol. The molecule has 0 unspecified atom stereocenters. The fourth-order valence-electron chi connectivity index (χ4n) is 1.41. The third-order valence-electron chi connectivity index (χ3n) is 2.10. The average Bonchev–Trinajstić information content (AvgIpc) is 2.64. The van der Waals surface area contributed by atoms with Crippen molar-refractivity contribution < 1.29 is 4.79 Å². The van der Waals surface area contributed by atoms with Crippen LogP contribution < -0.4 is 0 Å². The second-order valence-corrected chi connectivity index (χ2v) is 5.42. The van der Waals surface area contributed by atoms with E-state index in [9.17, 15) is 4.79 Å². The molecule has 0 saturated carbocycles. The first-order valence-electron chi connectivity index (χ1n) is 5.26. The van der Waals surface area contributed by atoms with E-state index in [2.05, 4.69) is 18.8 Å². The lowest BCUT2D eigenvalue weighted by atomic mass is 10.2. The molecule has 90 valence electrons. The first-order valence-corrected chi connectivity index (χ1v) is 6.67. The first-order chi connectivity index (χ1) is 7.52. The van der Waals surface area contributed by atoms with E-state index >= 15 is 0 Å². The zero-order valence-electron chi connectivity index (χ0n) is 9.86. The van der Waals surface area contributed by atoms with Crippen LogP contribution in [0.5, 0.6) is 0 Å². The molecule has 0 aromatic carbocycles. The summed E-state index contributed by atoms with van der Waals surface area (Å²) in [5.74, 6) is 1.01. The highest BCUT2D eigenvalue weighted by molar-refractivity contribution is 7.09. The van der Waals surface area contributed by atoms with Crippen molar-refractivity contribution in [3.8, 4) is 0 Å². The normalized spacial score (nSPS) is 10.8. The number of thiazole rings is 1. The molecule has 3 nitrogen and oxygen atoms in total. The zero-order valence-corrected chi connectivity index (χ0v) is 11.4. The summed E-state index contributed by atoms with van der Waals surface area (Å²) in [5, 5.41) is 2.74. The summed E-state index contributed by atoms with van der Waals surface area (Å²) in [4.78, 5) is 17.8. The van der Waals surface area contributed by atoms with Gasteiger partial charge in [0.25, 0.3) is 0 Å². The van der Waals surface area contributed by atoms with Crippen LogP contribution in [0.3, 0.4) is 0 Å². The Labute approximate surface area is 105 Å². The number of alkyl halides is 1. The molecule has 5 heteroatoms.